The molecule has 0 unspecified atom stereocenters. The Bertz CT molecular complexity index is 1380. The quantitative estimate of drug-likeness (QED) is 0.419. The van der Waals surface area contributed by atoms with Crippen molar-refractivity contribution in [2.75, 3.05) is 16.4 Å². The summed E-state index contributed by atoms with van der Waals surface area (Å²) in [6.45, 7) is 2.41. The van der Waals surface area contributed by atoms with Crippen LogP contribution in [0.4, 0.5) is 35.2 Å². The van der Waals surface area contributed by atoms with Crippen molar-refractivity contribution in [2.45, 2.75) is 19.6 Å². The first kappa shape index (κ1) is 21.7. The second-order valence-electron chi connectivity index (χ2n) is 7.71. The van der Waals surface area contributed by atoms with Crippen molar-refractivity contribution in [2.24, 2.45) is 7.05 Å². The smallest absolute Gasteiger partial charge is 0.433 e. The summed E-state index contributed by atoms with van der Waals surface area (Å²) in [5, 5.41) is 5.20. The Balaban J connectivity index is 1.61. The molecular weight excluding hydrogens is 449 g/mol. The number of fused-ring (bicyclic) bond motifs is 2. The molecule has 0 N–H and O–H groups in total. The number of aromatic nitrogens is 4. The molecule has 174 valence electrons. The number of ether oxygens (including phenoxy) is 1. The number of aryl methyl sites for hydroxylation is 1. The highest BCUT2D eigenvalue weighted by atomic mass is 19.4. The third-order valence-electron chi connectivity index (χ3n) is 5.40. The van der Waals surface area contributed by atoms with Crippen LogP contribution in [0.5, 0.6) is 5.88 Å². The lowest BCUT2D eigenvalue weighted by molar-refractivity contribution is -0.141. The van der Waals surface area contributed by atoms with Gasteiger partial charge in [-0.15, -0.1) is 0 Å². The topological polar surface area (TPSA) is 76.4 Å². The average Bonchev–Trinajstić information content (AvgIpc) is 3.17. The maximum absolute atomic E-state index is 13.7. The molecule has 1 aromatic carbocycles. The number of benzene rings is 1. The first-order valence-electron chi connectivity index (χ1n) is 10.5. The zero-order valence-corrected chi connectivity index (χ0v) is 18.2. The number of rotatable bonds is 4. The molecule has 0 radical (unpaired) electrons. The molecular formula is C23H19F3N6O2. The molecule has 8 nitrogen and oxygen atoms in total. The van der Waals surface area contributed by atoms with Crippen molar-refractivity contribution in [1.29, 1.82) is 0 Å². The number of carbonyl (C=O) groups is 1. The zero-order chi connectivity index (χ0) is 24.0. The van der Waals surface area contributed by atoms with Gasteiger partial charge in [-0.2, -0.15) is 23.3 Å². The van der Waals surface area contributed by atoms with E-state index >= 15 is 0 Å². The Hall–Kier alpha value is -4.15. The molecule has 1 aliphatic heterocycles. The monoisotopic (exact) mass is 468 g/mol. The van der Waals surface area contributed by atoms with Gasteiger partial charge in [0.05, 0.1) is 30.6 Å². The van der Waals surface area contributed by atoms with Gasteiger partial charge in [0.25, 0.3) is 0 Å². The summed E-state index contributed by atoms with van der Waals surface area (Å²) in [5.74, 6) is 0.598. The van der Waals surface area contributed by atoms with E-state index in [1.54, 1.807) is 29.8 Å². The third-order valence-corrected chi connectivity index (χ3v) is 5.40. The minimum absolute atomic E-state index is 0.160. The highest BCUT2D eigenvalue weighted by Crippen LogP contribution is 2.38. The second-order valence-corrected chi connectivity index (χ2v) is 7.71. The summed E-state index contributed by atoms with van der Waals surface area (Å²) in [4.78, 5) is 24.5. The van der Waals surface area contributed by atoms with Crippen LogP contribution in [0.1, 0.15) is 18.2 Å². The second kappa shape index (κ2) is 8.01. The summed E-state index contributed by atoms with van der Waals surface area (Å²) in [5.41, 5.74) is 1.22. The molecule has 0 atom stereocenters. The predicted molar refractivity (Wildman–Crippen MR) is 119 cm³/mol. The molecule has 0 aliphatic carbocycles. The highest BCUT2D eigenvalue weighted by molar-refractivity contribution is 6.10. The van der Waals surface area contributed by atoms with Gasteiger partial charge in [0.2, 0.25) is 5.88 Å². The predicted octanol–water partition coefficient (Wildman–Crippen LogP) is 5.06. The van der Waals surface area contributed by atoms with Crippen LogP contribution in [0.25, 0.3) is 10.9 Å². The Morgan fingerprint density at radius 3 is 2.59 bits per heavy atom. The molecule has 0 saturated carbocycles. The van der Waals surface area contributed by atoms with Crippen LogP contribution >= 0.6 is 0 Å². The highest BCUT2D eigenvalue weighted by Gasteiger charge is 2.36. The molecule has 0 bridgehead atoms. The van der Waals surface area contributed by atoms with Gasteiger partial charge in [0.1, 0.15) is 11.5 Å². The normalized spacial score (nSPS) is 14.0. The van der Waals surface area contributed by atoms with E-state index < -0.39 is 17.9 Å². The fourth-order valence-electron chi connectivity index (χ4n) is 3.88. The van der Waals surface area contributed by atoms with Crippen molar-refractivity contribution in [3.05, 3.63) is 66.1 Å². The fraction of sp³-hybridized carbons (Fsp3) is 0.217. The minimum atomic E-state index is -4.59. The number of amides is 2. The van der Waals surface area contributed by atoms with Crippen molar-refractivity contribution >= 4 is 34.1 Å². The minimum Gasteiger partial charge on any atom is -0.478 e. The molecule has 2 amide bonds. The van der Waals surface area contributed by atoms with Gasteiger partial charge in [-0.25, -0.2) is 14.7 Å². The van der Waals surface area contributed by atoms with E-state index in [2.05, 4.69) is 15.1 Å². The van der Waals surface area contributed by atoms with Gasteiger partial charge in [-0.05, 0) is 43.3 Å². The molecule has 34 heavy (non-hydrogen) atoms. The standard InChI is InChI=1S/C23H19F3N6O2/c1-3-34-20-9-4-14-13-31(16-5-7-18-15(10-16)12-30(2)29-18)22(33)32(21(14)28-20)17-6-8-19(27-11-17)23(24,25)26/h4-12H,3,13H2,1-2H3. The number of halogens is 3. The van der Waals surface area contributed by atoms with Crippen LogP contribution in [-0.4, -0.2) is 32.4 Å². The zero-order valence-electron chi connectivity index (χ0n) is 18.2. The Kier molecular flexibility index (Phi) is 5.11. The number of pyridine rings is 2. The molecule has 0 spiro atoms. The van der Waals surface area contributed by atoms with Crippen LogP contribution in [0.15, 0.2) is 54.9 Å². The molecule has 4 aromatic rings. The summed E-state index contributed by atoms with van der Waals surface area (Å²) in [6, 6.07) is 10.5. The fourth-order valence-corrected chi connectivity index (χ4v) is 3.88. The van der Waals surface area contributed by atoms with E-state index in [1.807, 2.05) is 25.4 Å². The van der Waals surface area contributed by atoms with E-state index in [1.165, 1.54) is 15.9 Å². The Morgan fingerprint density at radius 1 is 1.09 bits per heavy atom. The van der Waals surface area contributed by atoms with Gasteiger partial charge in [0, 0.05) is 35.9 Å². The van der Waals surface area contributed by atoms with Crippen molar-refractivity contribution in [3.8, 4) is 5.88 Å². The number of nitrogens with zero attached hydrogens (tertiary/aromatic N) is 6. The van der Waals surface area contributed by atoms with Gasteiger partial charge in [-0.3, -0.25) is 9.58 Å². The molecule has 1 aliphatic rings. The summed E-state index contributed by atoms with van der Waals surface area (Å²) in [6.07, 6.45) is -1.73. The van der Waals surface area contributed by atoms with Gasteiger partial charge < -0.3 is 4.74 Å². The summed E-state index contributed by atoms with van der Waals surface area (Å²) >= 11 is 0. The van der Waals surface area contributed by atoms with E-state index in [4.69, 9.17) is 4.74 Å². The largest absolute Gasteiger partial charge is 0.478 e. The van der Waals surface area contributed by atoms with Crippen molar-refractivity contribution < 1.29 is 22.7 Å². The number of hydrogen-bond acceptors (Lipinski definition) is 5. The third kappa shape index (κ3) is 3.78. The molecule has 3 aromatic heterocycles. The van der Waals surface area contributed by atoms with Crippen molar-refractivity contribution in [1.82, 2.24) is 19.7 Å². The van der Waals surface area contributed by atoms with Crippen LogP contribution < -0.4 is 14.5 Å². The van der Waals surface area contributed by atoms with E-state index in [-0.39, 0.29) is 18.1 Å². The number of anilines is 3. The SMILES string of the molecule is CCOc1ccc2c(n1)N(c1ccc(C(F)(F)F)nc1)C(=O)N(c1ccc3nn(C)cc3c1)C2. The molecule has 0 fully saturated rings. The van der Waals surface area contributed by atoms with Gasteiger partial charge >= 0.3 is 12.2 Å². The van der Waals surface area contributed by atoms with Crippen molar-refractivity contribution in [3.63, 3.8) is 0 Å². The van der Waals surface area contributed by atoms with E-state index in [9.17, 15) is 18.0 Å². The van der Waals surface area contributed by atoms with Crippen LogP contribution in [0, 0.1) is 0 Å². The molecule has 0 saturated heterocycles. The van der Waals surface area contributed by atoms with Crippen LogP contribution in [0.2, 0.25) is 0 Å². The van der Waals surface area contributed by atoms with Crippen LogP contribution in [-0.2, 0) is 19.8 Å². The molecule has 4 heterocycles. The average molecular weight is 468 g/mol. The summed E-state index contributed by atoms with van der Waals surface area (Å²) < 4.78 is 46.3. The van der Waals surface area contributed by atoms with Gasteiger partial charge in [0.15, 0.2) is 0 Å². The number of alkyl halides is 3. The first-order chi connectivity index (χ1) is 16.2. The maximum Gasteiger partial charge on any atom is 0.433 e. The van der Waals surface area contributed by atoms with Crippen LogP contribution in [0.3, 0.4) is 0 Å². The van der Waals surface area contributed by atoms with Gasteiger partial charge in [-0.1, -0.05) is 0 Å². The lowest BCUT2D eigenvalue weighted by Crippen LogP contribution is -2.45. The Labute approximate surface area is 192 Å². The maximum atomic E-state index is 13.7. The number of carbonyl (C=O) groups excluding carboxylic acids is 1. The lowest BCUT2D eigenvalue weighted by atomic mass is 10.1. The molecule has 11 heteroatoms. The number of urea groups is 1. The van der Waals surface area contributed by atoms with E-state index in [0.717, 1.165) is 23.2 Å². The Morgan fingerprint density at radius 2 is 1.88 bits per heavy atom. The summed E-state index contributed by atoms with van der Waals surface area (Å²) in [7, 11) is 1.81. The van der Waals surface area contributed by atoms with E-state index in [0.29, 0.717) is 23.7 Å². The number of hydrogen-bond donors (Lipinski definition) is 0. The molecule has 5 rings (SSSR count). The lowest BCUT2D eigenvalue weighted by Gasteiger charge is -2.36. The first-order valence-corrected chi connectivity index (χ1v) is 10.5.